The molecule has 0 aliphatic carbocycles. The van der Waals surface area contributed by atoms with Gasteiger partial charge in [0.25, 0.3) is 5.91 Å². The number of ether oxygens (including phenoxy) is 2. The lowest BCUT2D eigenvalue weighted by molar-refractivity contribution is -0.252. The molecule has 0 spiro atoms. The lowest BCUT2D eigenvalue weighted by Gasteiger charge is -2.30. The van der Waals surface area contributed by atoms with Gasteiger partial charge in [0.2, 0.25) is 0 Å². The number of benzene rings is 1. The van der Waals surface area contributed by atoms with Crippen LogP contribution in [0.3, 0.4) is 0 Å². The average Bonchev–Trinajstić information content (AvgIpc) is 2.62. The molecular weight excluding hydrogens is 216 g/mol. The van der Waals surface area contributed by atoms with Crippen molar-refractivity contribution in [2.24, 2.45) is 0 Å². The fraction of sp³-hybridized carbons (Fsp3) is 0.462. The Bertz CT molecular complexity index is 420. The molecule has 0 amide bonds. The number of nitrogens with one attached hydrogen (secondary N) is 2. The standard InChI is InChI=1S/C13H18N2O2/c1-3-9-17-13(16-4-2)11-8-6-5-7-10(11)12(14)15-13/h5-8H,3-4,9H2,1-2H3,(H2,14,15). The van der Waals surface area contributed by atoms with Crippen LogP contribution in [0.4, 0.5) is 0 Å². The minimum absolute atomic E-state index is 0.352. The van der Waals surface area contributed by atoms with Gasteiger partial charge in [-0.2, -0.15) is 0 Å². The summed E-state index contributed by atoms with van der Waals surface area (Å²) in [7, 11) is 0. The lowest BCUT2D eigenvalue weighted by atomic mass is 10.1. The van der Waals surface area contributed by atoms with E-state index in [1.54, 1.807) is 0 Å². The van der Waals surface area contributed by atoms with Crippen LogP contribution in [-0.2, 0) is 15.4 Å². The first kappa shape index (κ1) is 12.1. The molecule has 1 unspecified atom stereocenters. The third-order valence-corrected chi connectivity index (χ3v) is 2.70. The quantitative estimate of drug-likeness (QED) is 0.768. The predicted octanol–water partition coefficient (Wildman–Crippen LogP) is 2.19. The maximum Gasteiger partial charge on any atom is 0.279 e. The molecule has 1 aromatic carbocycles. The number of hydrogen-bond acceptors (Lipinski definition) is 3. The van der Waals surface area contributed by atoms with E-state index >= 15 is 0 Å². The van der Waals surface area contributed by atoms with Gasteiger partial charge in [0.05, 0.1) is 6.61 Å². The molecule has 17 heavy (non-hydrogen) atoms. The van der Waals surface area contributed by atoms with Crippen molar-refractivity contribution in [1.82, 2.24) is 5.32 Å². The zero-order valence-corrected chi connectivity index (χ0v) is 10.2. The molecule has 0 bridgehead atoms. The predicted molar refractivity (Wildman–Crippen MR) is 66.0 cm³/mol. The molecule has 4 heteroatoms. The van der Waals surface area contributed by atoms with Crippen molar-refractivity contribution in [3.63, 3.8) is 0 Å². The highest BCUT2D eigenvalue weighted by atomic mass is 16.7. The number of amidine groups is 1. The Morgan fingerprint density at radius 3 is 2.71 bits per heavy atom. The van der Waals surface area contributed by atoms with E-state index in [1.807, 2.05) is 38.1 Å². The Labute approximate surface area is 101 Å². The average molecular weight is 234 g/mol. The molecule has 0 saturated heterocycles. The summed E-state index contributed by atoms with van der Waals surface area (Å²) >= 11 is 0. The van der Waals surface area contributed by atoms with Crippen molar-refractivity contribution in [1.29, 1.82) is 5.41 Å². The molecule has 1 heterocycles. The minimum atomic E-state index is -0.974. The number of fused-ring (bicyclic) bond motifs is 1. The second-order valence-electron chi connectivity index (χ2n) is 3.94. The van der Waals surface area contributed by atoms with Crippen molar-refractivity contribution >= 4 is 5.84 Å². The Morgan fingerprint density at radius 2 is 2.00 bits per heavy atom. The van der Waals surface area contributed by atoms with Crippen LogP contribution in [0.25, 0.3) is 0 Å². The summed E-state index contributed by atoms with van der Waals surface area (Å²) in [6.45, 7) is 5.09. The van der Waals surface area contributed by atoms with Crippen LogP contribution in [0, 0.1) is 5.41 Å². The Balaban J connectivity index is 2.38. The van der Waals surface area contributed by atoms with Gasteiger partial charge in [-0.3, -0.25) is 5.41 Å². The zero-order chi connectivity index (χ0) is 12.3. The van der Waals surface area contributed by atoms with Gasteiger partial charge in [0, 0.05) is 17.7 Å². The SMILES string of the molecule is CCCOC1(OCC)NC(=N)c2ccccc21. The maximum absolute atomic E-state index is 7.93. The van der Waals surface area contributed by atoms with Crippen LogP contribution in [0.5, 0.6) is 0 Å². The second kappa shape index (κ2) is 4.85. The smallest absolute Gasteiger partial charge is 0.279 e. The maximum atomic E-state index is 7.93. The molecule has 4 nitrogen and oxygen atoms in total. The van der Waals surface area contributed by atoms with Gasteiger partial charge in [-0.15, -0.1) is 0 Å². The van der Waals surface area contributed by atoms with Crippen LogP contribution in [0.2, 0.25) is 0 Å². The van der Waals surface area contributed by atoms with Crippen LogP contribution in [0.15, 0.2) is 24.3 Å². The summed E-state index contributed by atoms with van der Waals surface area (Å²) in [5.41, 5.74) is 1.73. The van der Waals surface area contributed by atoms with Gasteiger partial charge >= 0.3 is 0 Å². The van der Waals surface area contributed by atoms with Gasteiger partial charge in [-0.1, -0.05) is 31.2 Å². The second-order valence-corrected chi connectivity index (χ2v) is 3.94. The van der Waals surface area contributed by atoms with Gasteiger partial charge in [-0.25, -0.2) is 0 Å². The molecule has 2 rings (SSSR count). The van der Waals surface area contributed by atoms with Gasteiger partial charge in [0.15, 0.2) is 0 Å². The molecule has 1 aliphatic rings. The summed E-state index contributed by atoms with van der Waals surface area (Å²) in [5, 5.41) is 10.9. The molecular formula is C13H18N2O2. The Kier molecular flexibility index (Phi) is 3.45. The first-order valence-electron chi connectivity index (χ1n) is 5.98. The summed E-state index contributed by atoms with van der Waals surface area (Å²) in [5.74, 6) is -0.622. The first-order chi connectivity index (χ1) is 8.23. The highest BCUT2D eigenvalue weighted by Gasteiger charge is 2.43. The van der Waals surface area contributed by atoms with Crippen molar-refractivity contribution in [3.8, 4) is 0 Å². The molecule has 1 atom stereocenters. The van der Waals surface area contributed by atoms with E-state index < -0.39 is 5.91 Å². The van der Waals surface area contributed by atoms with Gasteiger partial charge in [0.1, 0.15) is 5.84 Å². The Hall–Kier alpha value is -1.39. The fourth-order valence-electron chi connectivity index (χ4n) is 2.01. The van der Waals surface area contributed by atoms with E-state index in [2.05, 4.69) is 5.32 Å². The number of hydrogen-bond donors (Lipinski definition) is 2. The normalized spacial score (nSPS) is 22.4. The van der Waals surface area contributed by atoms with E-state index in [1.165, 1.54) is 0 Å². The van der Waals surface area contributed by atoms with Crippen molar-refractivity contribution < 1.29 is 9.47 Å². The third-order valence-electron chi connectivity index (χ3n) is 2.70. The molecule has 1 aromatic rings. The van der Waals surface area contributed by atoms with Gasteiger partial charge < -0.3 is 14.8 Å². The van der Waals surface area contributed by atoms with E-state index in [4.69, 9.17) is 14.9 Å². The largest absolute Gasteiger partial charge is 0.329 e. The van der Waals surface area contributed by atoms with Crippen LogP contribution >= 0.6 is 0 Å². The van der Waals surface area contributed by atoms with Crippen LogP contribution < -0.4 is 5.32 Å². The van der Waals surface area contributed by atoms with E-state index in [0.29, 0.717) is 19.0 Å². The fourth-order valence-corrected chi connectivity index (χ4v) is 2.01. The molecule has 1 aliphatic heterocycles. The van der Waals surface area contributed by atoms with E-state index in [0.717, 1.165) is 17.5 Å². The van der Waals surface area contributed by atoms with Crippen molar-refractivity contribution in [2.75, 3.05) is 13.2 Å². The van der Waals surface area contributed by atoms with Gasteiger partial charge in [-0.05, 0) is 13.3 Å². The molecule has 0 fully saturated rings. The lowest BCUT2D eigenvalue weighted by Crippen LogP contribution is -2.44. The summed E-state index contributed by atoms with van der Waals surface area (Å²) in [6, 6.07) is 7.69. The third kappa shape index (κ3) is 2.06. The summed E-state index contributed by atoms with van der Waals surface area (Å²) in [4.78, 5) is 0. The molecule has 0 radical (unpaired) electrons. The van der Waals surface area contributed by atoms with E-state index in [-0.39, 0.29) is 0 Å². The Morgan fingerprint density at radius 1 is 1.24 bits per heavy atom. The van der Waals surface area contributed by atoms with Crippen LogP contribution in [0.1, 0.15) is 31.4 Å². The summed E-state index contributed by atoms with van der Waals surface area (Å²) < 4.78 is 11.5. The highest BCUT2D eigenvalue weighted by Crippen LogP contribution is 2.33. The van der Waals surface area contributed by atoms with Crippen molar-refractivity contribution in [3.05, 3.63) is 35.4 Å². The van der Waals surface area contributed by atoms with Crippen LogP contribution in [-0.4, -0.2) is 19.0 Å². The first-order valence-corrected chi connectivity index (χ1v) is 5.98. The molecule has 2 N–H and O–H groups in total. The number of rotatable bonds is 5. The molecule has 0 saturated carbocycles. The monoisotopic (exact) mass is 234 g/mol. The summed E-state index contributed by atoms with van der Waals surface area (Å²) in [6.07, 6.45) is 0.909. The molecule has 92 valence electrons. The topological polar surface area (TPSA) is 54.3 Å². The minimum Gasteiger partial charge on any atom is -0.329 e. The van der Waals surface area contributed by atoms with E-state index in [9.17, 15) is 0 Å². The highest BCUT2D eigenvalue weighted by molar-refractivity contribution is 6.01. The van der Waals surface area contributed by atoms with Crippen molar-refractivity contribution in [2.45, 2.75) is 26.2 Å². The zero-order valence-electron chi connectivity index (χ0n) is 10.2. The molecule has 0 aromatic heterocycles.